The van der Waals surface area contributed by atoms with Crippen molar-refractivity contribution in [2.75, 3.05) is 17.6 Å². The van der Waals surface area contributed by atoms with Crippen molar-refractivity contribution in [2.24, 2.45) is 0 Å². The molecule has 0 fully saturated rings. The van der Waals surface area contributed by atoms with Crippen LogP contribution < -0.4 is 4.72 Å². The van der Waals surface area contributed by atoms with Gasteiger partial charge in [0.05, 0.1) is 11.8 Å². The highest BCUT2D eigenvalue weighted by Gasteiger charge is 2.17. The van der Waals surface area contributed by atoms with Gasteiger partial charge < -0.3 is 4.74 Å². The van der Waals surface area contributed by atoms with E-state index in [2.05, 4.69) is 14.9 Å². The van der Waals surface area contributed by atoms with Crippen LogP contribution in [0.15, 0.2) is 48.5 Å². The van der Waals surface area contributed by atoms with E-state index in [-0.39, 0.29) is 5.69 Å². The third-order valence-corrected chi connectivity index (χ3v) is 4.11. The highest BCUT2D eigenvalue weighted by molar-refractivity contribution is 7.92. The maximum atomic E-state index is 12.1. The number of carbonyl (C=O) groups excluding carboxylic acids is 2. The molecule has 8 nitrogen and oxygen atoms in total. The summed E-state index contributed by atoms with van der Waals surface area (Å²) in [5.41, 5.74) is 1.44. The molecule has 1 heterocycles. The number of carbonyl (C=O) groups is 2. The predicted octanol–water partition coefficient (Wildman–Crippen LogP) is 1.97. The van der Waals surface area contributed by atoms with Crippen molar-refractivity contribution in [1.82, 2.24) is 10.2 Å². The molecule has 0 aliphatic heterocycles. The number of rotatable bonds is 6. The number of aromatic amines is 1. The van der Waals surface area contributed by atoms with Crippen LogP contribution in [0.1, 0.15) is 20.8 Å². The number of ketones is 1. The van der Waals surface area contributed by atoms with Gasteiger partial charge in [-0.2, -0.15) is 5.10 Å². The maximum Gasteiger partial charge on any atom is 0.359 e. The molecule has 0 aliphatic rings. The molecule has 134 valence electrons. The van der Waals surface area contributed by atoms with Gasteiger partial charge in [0.2, 0.25) is 10.0 Å². The monoisotopic (exact) mass is 373 g/mol. The Labute approximate surface area is 149 Å². The summed E-state index contributed by atoms with van der Waals surface area (Å²) in [5, 5.41) is 7.25. The summed E-state index contributed by atoms with van der Waals surface area (Å²) < 4.78 is 29.7. The average Bonchev–Trinajstić information content (AvgIpc) is 3.03. The number of nitrogens with zero attached hydrogens (tertiary/aromatic N) is 1. The second kappa shape index (κ2) is 6.96. The zero-order valence-electron chi connectivity index (χ0n) is 13.7. The number of hydrogen-bond acceptors (Lipinski definition) is 6. The SMILES string of the molecule is CS(=O)(=O)Nc1ccc(C(=O)COC(=O)c2n[nH]c3ccccc23)cc1. The zero-order chi connectivity index (χ0) is 18.7. The third kappa shape index (κ3) is 4.06. The van der Waals surface area contributed by atoms with Gasteiger partial charge in [-0.3, -0.25) is 14.6 Å². The van der Waals surface area contributed by atoms with Gasteiger partial charge >= 0.3 is 5.97 Å². The van der Waals surface area contributed by atoms with Gasteiger partial charge in [-0.15, -0.1) is 0 Å². The van der Waals surface area contributed by atoms with Crippen LogP contribution in [0.25, 0.3) is 10.9 Å². The first-order chi connectivity index (χ1) is 12.3. The van der Waals surface area contributed by atoms with E-state index in [1.807, 2.05) is 0 Å². The van der Waals surface area contributed by atoms with Gasteiger partial charge in [-0.05, 0) is 30.3 Å². The van der Waals surface area contributed by atoms with Crippen LogP contribution in [0.3, 0.4) is 0 Å². The number of hydrogen-bond donors (Lipinski definition) is 2. The summed E-state index contributed by atoms with van der Waals surface area (Å²) in [6, 6.07) is 12.9. The zero-order valence-corrected chi connectivity index (χ0v) is 14.5. The van der Waals surface area contributed by atoms with Crippen molar-refractivity contribution in [3.05, 3.63) is 59.8 Å². The van der Waals surface area contributed by atoms with Crippen molar-refractivity contribution in [3.8, 4) is 0 Å². The number of fused-ring (bicyclic) bond motifs is 1. The molecule has 0 unspecified atom stereocenters. The summed E-state index contributed by atoms with van der Waals surface area (Å²) in [6.45, 7) is -0.446. The van der Waals surface area contributed by atoms with Crippen molar-refractivity contribution in [3.63, 3.8) is 0 Å². The summed E-state index contributed by atoms with van der Waals surface area (Å²) in [6.07, 6.45) is 1.03. The fourth-order valence-corrected chi connectivity index (χ4v) is 2.90. The molecule has 0 saturated heterocycles. The Balaban J connectivity index is 1.64. The van der Waals surface area contributed by atoms with E-state index >= 15 is 0 Å². The lowest BCUT2D eigenvalue weighted by molar-refractivity contribution is 0.0471. The molecular weight excluding hydrogens is 358 g/mol. The standard InChI is InChI=1S/C17H15N3O5S/c1-26(23,24)20-12-8-6-11(7-9-12)15(21)10-25-17(22)16-13-4-2-3-5-14(13)18-19-16/h2-9,20H,10H2,1H3,(H,18,19). The quantitative estimate of drug-likeness (QED) is 0.504. The van der Waals surface area contributed by atoms with E-state index in [4.69, 9.17) is 4.74 Å². The number of Topliss-reactive ketones (excluding diaryl/α,β-unsaturated/α-hetero) is 1. The first kappa shape index (κ1) is 17.6. The van der Waals surface area contributed by atoms with E-state index in [1.165, 1.54) is 24.3 Å². The van der Waals surface area contributed by atoms with Crippen LogP contribution in [-0.4, -0.2) is 43.2 Å². The number of benzene rings is 2. The highest BCUT2D eigenvalue weighted by Crippen LogP contribution is 2.16. The van der Waals surface area contributed by atoms with E-state index in [9.17, 15) is 18.0 Å². The fourth-order valence-electron chi connectivity index (χ4n) is 2.34. The van der Waals surface area contributed by atoms with Crippen LogP contribution in [0.2, 0.25) is 0 Å². The second-order valence-electron chi connectivity index (χ2n) is 5.57. The lowest BCUT2D eigenvalue weighted by atomic mass is 10.1. The molecule has 3 aromatic rings. The molecule has 0 radical (unpaired) electrons. The van der Waals surface area contributed by atoms with E-state index in [0.717, 1.165) is 6.26 Å². The number of ether oxygens (including phenoxy) is 1. The smallest absolute Gasteiger partial charge is 0.359 e. The summed E-state index contributed by atoms with van der Waals surface area (Å²) >= 11 is 0. The average molecular weight is 373 g/mol. The molecule has 3 rings (SSSR count). The van der Waals surface area contributed by atoms with Crippen LogP contribution >= 0.6 is 0 Å². The van der Waals surface area contributed by atoms with Gasteiger partial charge in [0, 0.05) is 16.6 Å². The predicted molar refractivity (Wildman–Crippen MR) is 95.6 cm³/mol. The topological polar surface area (TPSA) is 118 Å². The molecule has 0 atom stereocenters. The summed E-state index contributed by atoms with van der Waals surface area (Å²) in [4.78, 5) is 24.3. The molecule has 2 N–H and O–H groups in total. The van der Waals surface area contributed by atoms with Crippen molar-refractivity contribution in [1.29, 1.82) is 0 Å². The Morgan fingerprint density at radius 2 is 1.81 bits per heavy atom. The van der Waals surface area contributed by atoms with Gasteiger partial charge in [0.1, 0.15) is 0 Å². The first-order valence-corrected chi connectivity index (χ1v) is 9.44. The molecule has 0 aliphatic carbocycles. The highest BCUT2D eigenvalue weighted by atomic mass is 32.2. The molecule has 0 amide bonds. The van der Waals surface area contributed by atoms with Crippen molar-refractivity contribution in [2.45, 2.75) is 0 Å². The van der Waals surface area contributed by atoms with Gasteiger partial charge in [0.25, 0.3) is 0 Å². The van der Waals surface area contributed by atoms with Gasteiger partial charge in [0.15, 0.2) is 18.1 Å². The van der Waals surface area contributed by atoms with E-state index in [1.54, 1.807) is 24.3 Å². The van der Waals surface area contributed by atoms with Crippen LogP contribution in [0.5, 0.6) is 0 Å². The summed E-state index contributed by atoms with van der Waals surface area (Å²) in [5.74, 6) is -1.12. The molecule has 0 bridgehead atoms. The summed E-state index contributed by atoms with van der Waals surface area (Å²) in [7, 11) is -3.39. The fraction of sp³-hybridized carbons (Fsp3) is 0.118. The minimum atomic E-state index is -3.39. The van der Waals surface area contributed by atoms with Crippen molar-refractivity contribution >= 4 is 38.4 Å². The molecular formula is C17H15N3O5S. The molecule has 26 heavy (non-hydrogen) atoms. The molecule has 0 saturated carbocycles. The largest absolute Gasteiger partial charge is 0.452 e. The van der Waals surface area contributed by atoms with Crippen molar-refractivity contribution < 1.29 is 22.7 Å². The lowest BCUT2D eigenvalue weighted by Crippen LogP contribution is -2.15. The first-order valence-electron chi connectivity index (χ1n) is 7.55. The van der Waals surface area contributed by atoms with Crippen LogP contribution in [0.4, 0.5) is 5.69 Å². The Morgan fingerprint density at radius 3 is 2.50 bits per heavy atom. The number of para-hydroxylation sites is 1. The Bertz CT molecular complexity index is 1070. The molecule has 0 spiro atoms. The Morgan fingerprint density at radius 1 is 1.12 bits per heavy atom. The van der Waals surface area contributed by atoms with Gasteiger partial charge in [-0.1, -0.05) is 18.2 Å². The number of anilines is 1. The Hall–Kier alpha value is -3.20. The Kier molecular flexibility index (Phi) is 4.72. The normalized spacial score (nSPS) is 11.3. The number of H-pyrrole nitrogens is 1. The molecule has 2 aromatic carbocycles. The van der Waals surface area contributed by atoms with Gasteiger partial charge in [-0.25, -0.2) is 13.2 Å². The minimum Gasteiger partial charge on any atom is -0.452 e. The van der Waals surface area contributed by atoms with Crippen LogP contribution in [0, 0.1) is 0 Å². The minimum absolute atomic E-state index is 0.112. The lowest BCUT2D eigenvalue weighted by Gasteiger charge is -2.06. The van der Waals surface area contributed by atoms with E-state index < -0.39 is 28.4 Å². The maximum absolute atomic E-state index is 12.1. The second-order valence-corrected chi connectivity index (χ2v) is 7.32. The van der Waals surface area contributed by atoms with E-state index in [0.29, 0.717) is 22.2 Å². The number of esters is 1. The third-order valence-electron chi connectivity index (χ3n) is 3.51. The number of nitrogens with one attached hydrogen (secondary N) is 2. The van der Waals surface area contributed by atoms with Crippen LogP contribution in [-0.2, 0) is 14.8 Å². The number of aromatic nitrogens is 2. The molecule has 1 aromatic heterocycles. The number of sulfonamides is 1. The molecule has 9 heteroatoms.